The maximum atomic E-state index is 12.2. The lowest BCUT2D eigenvalue weighted by Gasteiger charge is -2.34. The van der Waals surface area contributed by atoms with E-state index in [1.807, 2.05) is 0 Å². The van der Waals surface area contributed by atoms with Crippen LogP contribution in [0.2, 0.25) is 0 Å². The van der Waals surface area contributed by atoms with Gasteiger partial charge in [0, 0.05) is 24.1 Å². The predicted molar refractivity (Wildman–Crippen MR) is 51.0 cm³/mol. The summed E-state index contributed by atoms with van der Waals surface area (Å²) in [7, 11) is 0. The molecule has 0 aliphatic carbocycles. The minimum Gasteiger partial charge on any atom is -0.481 e. The van der Waals surface area contributed by atoms with Gasteiger partial charge in [-0.2, -0.15) is 24.9 Å². The number of hydrogen-bond acceptors (Lipinski definition) is 3. The van der Waals surface area contributed by atoms with Crippen molar-refractivity contribution in [3.05, 3.63) is 0 Å². The van der Waals surface area contributed by atoms with Gasteiger partial charge in [0.2, 0.25) is 0 Å². The number of nitrogens with zero attached hydrogens (tertiary/aromatic N) is 1. The Balaban J connectivity index is 2.53. The van der Waals surface area contributed by atoms with Crippen molar-refractivity contribution in [2.75, 3.05) is 24.6 Å². The Labute approximate surface area is 89.6 Å². The molecule has 1 unspecified atom stereocenters. The molecule has 1 fully saturated rings. The van der Waals surface area contributed by atoms with Crippen molar-refractivity contribution < 1.29 is 23.1 Å². The maximum Gasteiger partial charge on any atom is 0.401 e. The van der Waals surface area contributed by atoms with Gasteiger partial charge in [-0.05, 0) is 0 Å². The molecule has 0 aromatic rings. The molecule has 1 atom stereocenters. The molecule has 3 nitrogen and oxygen atoms in total. The zero-order valence-electron chi connectivity index (χ0n) is 7.96. The highest BCUT2D eigenvalue weighted by Gasteiger charge is 2.35. The highest BCUT2D eigenvalue weighted by Crippen LogP contribution is 2.24. The molecule has 15 heavy (non-hydrogen) atoms. The minimum atomic E-state index is -4.25. The third-order valence-electron chi connectivity index (χ3n) is 2.14. The summed E-state index contributed by atoms with van der Waals surface area (Å²) in [5, 5.41) is 8.56. The van der Waals surface area contributed by atoms with Crippen molar-refractivity contribution in [3.8, 4) is 0 Å². The topological polar surface area (TPSA) is 40.5 Å². The van der Waals surface area contributed by atoms with Crippen LogP contribution >= 0.6 is 11.8 Å². The molecule has 1 aliphatic heterocycles. The first-order valence-corrected chi connectivity index (χ1v) is 5.64. The second kappa shape index (κ2) is 5.07. The Morgan fingerprint density at radius 2 is 2.20 bits per heavy atom. The van der Waals surface area contributed by atoms with Crippen LogP contribution in [0.15, 0.2) is 0 Å². The molecule has 0 spiro atoms. The Morgan fingerprint density at radius 3 is 2.73 bits per heavy atom. The second-order valence-electron chi connectivity index (χ2n) is 3.41. The Bertz CT molecular complexity index is 234. The van der Waals surface area contributed by atoms with Crippen molar-refractivity contribution in [1.82, 2.24) is 4.90 Å². The number of halogens is 3. The summed E-state index contributed by atoms with van der Waals surface area (Å²) in [5.74, 6) is 0.0452. The van der Waals surface area contributed by atoms with E-state index < -0.39 is 24.7 Å². The summed E-state index contributed by atoms with van der Waals surface area (Å²) in [6, 6.07) is -0.497. The maximum absolute atomic E-state index is 12.2. The first kappa shape index (κ1) is 12.6. The molecule has 7 heteroatoms. The van der Waals surface area contributed by atoms with Crippen LogP contribution in [0.4, 0.5) is 13.2 Å². The Hall–Kier alpha value is -0.430. The van der Waals surface area contributed by atoms with Crippen molar-refractivity contribution >= 4 is 17.7 Å². The molecule has 0 saturated carbocycles. The second-order valence-corrected chi connectivity index (χ2v) is 4.56. The molecule has 1 N–H and O–H groups in total. The van der Waals surface area contributed by atoms with Gasteiger partial charge >= 0.3 is 12.1 Å². The fourth-order valence-electron chi connectivity index (χ4n) is 1.52. The van der Waals surface area contributed by atoms with Crippen LogP contribution < -0.4 is 0 Å². The van der Waals surface area contributed by atoms with E-state index in [2.05, 4.69) is 0 Å². The molecule has 1 saturated heterocycles. The summed E-state index contributed by atoms with van der Waals surface area (Å²) >= 11 is 1.50. The number of rotatable bonds is 3. The van der Waals surface area contributed by atoms with Crippen LogP contribution in [0.3, 0.4) is 0 Å². The van der Waals surface area contributed by atoms with E-state index in [-0.39, 0.29) is 6.42 Å². The molecule has 88 valence electrons. The van der Waals surface area contributed by atoms with Crippen LogP contribution in [0.1, 0.15) is 6.42 Å². The lowest BCUT2D eigenvalue weighted by molar-refractivity contribution is -0.154. The number of hydrogen-bond donors (Lipinski definition) is 1. The van der Waals surface area contributed by atoms with Crippen LogP contribution in [0.25, 0.3) is 0 Å². The molecule has 1 heterocycles. The number of carboxylic acid groups (broad SMARTS) is 1. The van der Waals surface area contributed by atoms with Crippen molar-refractivity contribution in [2.24, 2.45) is 0 Å². The van der Waals surface area contributed by atoms with E-state index in [1.165, 1.54) is 16.7 Å². The summed E-state index contributed by atoms with van der Waals surface area (Å²) in [4.78, 5) is 11.7. The number of aliphatic carboxylic acids is 1. The van der Waals surface area contributed by atoms with Gasteiger partial charge in [-0.15, -0.1) is 0 Å². The molecular weight excluding hydrogens is 231 g/mol. The molecule has 0 radical (unpaired) electrons. The van der Waals surface area contributed by atoms with Crippen molar-refractivity contribution in [2.45, 2.75) is 18.6 Å². The van der Waals surface area contributed by atoms with Crippen LogP contribution in [-0.4, -0.2) is 52.8 Å². The zero-order chi connectivity index (χ0) is 11.5. The number of alkyl halides is 3. The first-order valence-electron chi connectivity index (χ1n) is 4.49. The standard InChI is InChI=1S/C8H12F3NO2S/c9-8(10,11)5-12-1-2-15-4-6(12)3-7(13)14/h6H,1-5H2,(H,13,14). The van der Waals surface area contributed by atoms with Gasteiger partial charge in [0.05, 0.1) is 13.0 Å². The molecule has 0 amide bonds. The highest BCUT2D eigenvalue weighted by molar-refractivity contribution is 7.99. The van der Waals surface area contributed by atoms with Crippen molar-refractivity contribution in [3.63, 3.8) is 0 Å². The highest BCUT2D eigenvalue weighted by atomic mass is 32.2. The monoisotopic (exact) mass is 243 g/mol. The van der Waals surface area contributed by atoms with E-state index >= 15 is 0 Å². The van der Waals surface area contributed by atoms with Crippen LogP contribution in [-0.2, 0) is 4.79 Å². The molecular formula is C8H12F3NO2S. The summed E-state index contributed by atoms with van der Waals surface area (Å²) in [6.07, 6.45) is -4.47. The summed E-state index contributed by atoms with van der Waals surface area (Å²) in [6.45, 7) is -0.701. The molecule has 0 aromatic heterocycles. The summed E-state index contributed by atoms with van der Waals surface area (Å²) < 4.78 is 36.5. The fourth-order valence-corrected chi connectivity index (χ4v) is 2.65. The van der Waals surface area contributed by atoms with Gasteiger partial charge in [0.25, 0.3) is 0 Å². The Kier molecular flexibility index (Phi) is 4.27. The normalized spacial score (nSPS) is 24.1. The molecule has 0 bridgehead atoms. The minimum absolute atomic E-state index is 0.219. The third-order valence-corrected chi connectivity index (χ3v) is 3.23. The first-order chi connectivity index (χ1) is 6.88. The molecule has 0 aromatic carbocycles. The third kappa shape index (κ3) is 4.74. The smallest absolute Gasteiger partial charge is 0.401 e. The van der Waals surface area contributed by atoms with E-state index in [1.54, 1.807) is 0 Å². The van der Waals surface area contributed by atoms with Gasteiger partial charge < -0.3 is 5.11 Å². The average molecular weight is 243 g/mol. The zero-order valence-corrected chi connectivity index (χ0v) is 8.77. The van der Waals surface area contributed by atoms with Crippen LogP contribution in [0.5, 0.6) is 0 Å². The SMILES string of the molecule is O=C(O)CC1CSCCN1CC(F)(F)F. The average Bonchev–Trinajstić information content (AvgIpc) is 2.05. The fraction of sp³-hybridized carbons (Fsp3) is 0.875. The Morgan fingerprint density at radius 1 is 1.53 bits per heavy atom. The quantitative estimate of drug-likeness (QED) is 0.814. The predicted octanol–water partition coefficient (Wildman–Crippen LogP) is 1.44. The van der Waals surface area contributed by atoms with Gasteiger partial charge in [-0.3, -0.25) is 9.69 Å². The van der Waals surface area contributed by atoms with E-state index in [0.717, 1.165) is 0 Å². The lowest BCUT2D eigenvalue weighted by atomic mass is 10.2. The number of carboxylic acids is 1. The van der Waals surface area contributed by atoms with Gasteiger partial charge in [0.1, 0.15) is 0 Å². The summed E-state index contributed by atoms with van der Waals surface area (Å²) in [5.41, 5.74) is 0. The molecule has 1 rings (SSSR count). The number of thioether (sulfide) groups is 1. The van der Waals surface area contributed by atoms with Gasteiger partial charge in [-0.25, -0.2) is 0 Å². The largest absolute Gasteiger partial charge is 0.481 e. The molecule has 1 aliphatic rings. The van der Waals surface area contributed by atoms with Gasteiger partial charge in [0.15, 0.2) is 0 Å². The lowest BCUT2D eigenvalue weighted by Crippen LogP contribution is -2.47. The van der Waals surface area contributed by atoms with E-state index in [0.29, 0.717) is 18.1 Å². The van der Waals surface area contributed by atoms with Gasteiger partial charge in [-0.1, -0.05) is 0 Å². The van der Waals surface area contributed by atoms with Crippen molar-refractivity contribution in [1.29, 1.82) is 0 Å². The van der Waals surface area contributed by atoms with Crippen LogP contribution in [0, 0.1) is 0 Å². The van der Waals surface area contributed by atoms with E-state index in [4.69, 9.17) is 5.11 Å². The number of carbonyl (C=O) groups is 1. The van der Waals surface area contributed by atoms with E-state index in [9.17, 15) is 18.0 Å².